The van der Waals surface area contributed by atoms with Crippen molar-refractivity contribution in [2.24, 2.45) is 5.92 Å². The zero-order valence-electron chi connectivity index (χ0n) is 18.0. The van der Waals surface area contributed by atoms with E-state index < -0.39 is 23.5 Å². The number of methoxy groups -OCH3 is 2. The first-order valence-electron chi connectivity index (χ1n) is 10.3. The largest absolute Gasteiger partial charge is 0.493 e. The molecule has 8 heteroatoms. The highest BCUT2D eigenvalue weighted by Gasteiger charge is 2.37. The molecule has 2 heterocycles. The number of carboxylic acids is 1. The second-order valence-corrected chi connectivity index (χ2v) is 8.49. The van der Waals surface area contributed by atoms with Crippen molar-refractivity contribution in [2.45, 2.75) is 51.0 Å². The van der Waals surface area contributed by atoms with Gasteiger partial charge in [0.2, 0.25) is 0 Å². The van der Waals surface area contributed by atoms with E-state index in [0.717, 1.165) is 12.8 Å². The molecule has 2 atom stereocenters. The van der Waals surface area contributed by atoms with Crippen LogP contribution in [0.1, 0.15) is 54.8 Å². The second-order valence-electron chi connectivity index (χ2n) is 8.49. The number of benzene rings is 1. The van der Waals surface area contributed by atoms with Crippen molar-refractivity contribution in [3.8, 4) is 22.8 Å². The molecule has 0 spiro atoms. The molecule has 2 aromatic rings. The van der Waals surface area contributed by atoms with E-state index in [2.05, 4.69) is 0 Å². The van der Waals surface area contributed by atoms with Crippen LogP contribution in [0.2, 0.25) is 0 Å². The van der Waals surface area contributed by atoms with E-state index in [1.54, 1.807) is 23.8 Å². The van der Waals surface area contributed by atoms with Gasteiger partial charge in [0.15, 0.2) is 16.9 Å². The summed E-state index contributed by atoms with van der Waals surface area (Å²) in [5.74, 6) is -0.303. The standard InChI is InChI=1S/C23H27NO7/c1-11(2)21-22(26)15-8-20(31-13-5-12(6-13)29-3)19(30-4)7-14(15)17-9-18(25)16(23(27)28)10-24(17)21/h7-13,21-22,26H,5-6H2,1-4H3,(H,27,28)/t12?,13?,21-,22?/m1/s1. The molecule has 31 heavy (non-hydrogen) atoms. The lowest BCUT2D eigenvalue weighted by Crippen LogP contribution is -2.39. The van der Waals surface area contributed by atoms with Gasteiger partial charge in [-0.25, -0.2) is 4.79 Å². The highest BCUT2D eigenvalue weighted by molar-refractivity contribution is 5.88. The molecule has 0 radical (unpaired) electrons. The quantitative estimate of drug-likeness (QED) is 0.727. The van der Waals surface area contributed by atoms with E-state index in [9.17, 15) is 19.8 Å². The summed E-state index contributed by atoms with van der Waals surface area (Å²) in [4.78, 5) is 24.0. The molecule has 1 saturated carbocycles. The van der Waals surface area contributed by atoms with Gasteiger partial charge in [0.25, 0.3) is 0 Å². The van der Waals surface area contributed by atoms with E-state index in [1.807, 2.05) is 13.8 Å². The molecule has 1 aromatic heterocycles. The summed E-state index contributed by atoms with van der Waals surface area (Å²) in [7, 11) is 3.21. The second kappa shape index (κ2) is 8.01. The molecule has 166 valence electrons. The number of fused-ring (bicyclic) bond motifs is 3. The van der Waals surface area contributed by atoms with E-state index in [-0.39, 0.29) is 23.7 Å². The predicted octanol–water partition coefficient (Wildman–Crippen LogP) is 3.02. The Morgan fingerprint density at radius 1 is 1.13 bits per heavy atom. The Morgan fingerprint density at radius 2 is 1.84 bits per heavy atom. The van der Waals surface area contributed by atoms with Crippen molar-refractivity contribution in [1.82, 2.24) is 4.57 Å². The summed E-state index contributed by atoms with van der Waals surface area (Å²) in [6.45, 7) is 3.89. The molecular weight excluding hydrogens is 402 g/mol. The molecule has 1 aromatic carbocycles. The van der Waals surface area contributed by atoms with Crippen LogP contribution in [0.25, 0.3) is 11.3 Å². The lowest BCUT2D eigenvalue weighted by Gasteiger charge is -2.38. The van der Waals surface area contributed by atoms with Crippen molar-refractivity contribution in [1.29, 1.82) is 0 Å². The number of carbonyl (C=O) groups is 1. The van der Waals surface area contributed by atoms with E-state index in [0.29, 0.717) is 28.3 Å². The molecule has 0 saturated heterocycles. The highest BCUT2D eigenvalue weighted by atomic mass is 16.5. The van der Waals surface area contributed by atoms with Crippen LogP contribution in [0.4, 0.5) is 0 Å². The van der Waals surface area contributed by atoms with Gasteiger partial charge in [-0.2, -0.15) is 0 Å². The molecule has 0 bridgehead atoms. The van der Waals surface area contributed by atoms with E-state index >= 15 is 0 Å². The maximum Gasteiger partial charge on any atom is 0.341 e. The Labute approximate surface area is 180 Å². The van der Waals surface area contributed by atoms with Gasteiger partial charge < -0.3 is 29.0 Å². The average Bonchev–Trinajstić information content (AvgIpc) is 2.69. The van der Waals surface area contributed by atoms with Crippen LogP contribution >= 0.6 is 0 Å². The van der Waals surface area contributed by atoms with E-state index in [1.165, 1.54) is 19.4 Å². The average molecular weight is 429 g/mol. The number of nitrogens with zero attached hydrogens (tertiary/aromatic N) is 1. The fraction of sp³-hybridized carbons (Fsp3) is 0.478. The van der Waals surface area contributed by atoms with Crippen molar-refractivity contribution >= 4 is 5.97 Å². The molecule has 4 rings (SSSR count). The van der Waals surface area contributed by atoms with Gasteiger partial charge in [0.05, 0.1) is 24.9 Å². The molecule has 1 fully saturated rings. The summed E-state index contributed by atoms with van der Waals surface area (Å²) in [6.07, 6.45) is 2.17. The molecule has 1 unspecified atom stereocenters. The summed E-state index contributed by atoms with van der Waals surface area (Å²) >= 11 is 0. The van der Waals surface area contributed by atoms with Crippen molar-refractivity contribution in [2.75, 3.05) is 14.2 Å². The number of pyridine rings is 1. The topological polar surface area (TPSA) is 107 Å². The molecular formula is C23H27NO7. The van der Waals surface area contributed by atoms with Gasteiger partial charge >= 0.3 is 5.97 Å². The zero-order valence-corrected chi connectivity index (χ0v) is 18.0. The van der Waals surface area contributed by atoms with Gasteiger partial charge in [0.1, 0.15) is 17.8 Å². The Morgan fingerprint density at radius 3 is 2.42 bits per heavy atom. The smallest absolute Gasteiger partial charge is 0.341 e. The molecule has 1 aliphatic carbocycles. The minimum atomic E-state index is -1.29. The van der Waals surface area contributed by atoms with Gasteiger partial charge in [-0.05, 0) is 23.6 Å². The number of rotatable bonds is 6. The van der Waals surface area contributed by atoms with Crippen LogP contribution in [0.5, 0.6) is 11.5 Å². The maximum absolute atomic E-state index is 12.4. The fourth-order valence-electron chi connectivity index (χ4n) is 4.47. The Kier molecular flexibility index (Phi) is 5.53. The number of hydrogen-bond donors (Lipinski definition) is 2. The predicted molar refractivity (Wildman–Crippen MR) is 113 cm³/mol. The van der Waals surface area contributed by atoms with Gasteiger partial charge in [0, 0.05) is 37.8 Å². The molecule has 8 nitrogen and oxygen atoms in total. The van der Waals surface area contributed by atoms with Crippen LogP contribution in [-0.2, 0) is 4.74 Å². The Hall–Kier alpha value is -2.84. The molecule has 1 aliphatic heterocycles. The monoisotopic (exact) mass is 429 g/mol. The van der Waals surface area contributed by atoms with E-state index in [4.69, 9.17) is 14.2 Å². The van der Waals surface area contributed by atoms with Crippen LogP contribution in [-0.4, -0.2) is 47.2 Å². The van der Waals surface area contributed by atoms with Crippen LogP contribution in [0, 0.1) is 5.92 Å². The number of aliphatic hydroxyl groups excluding tert-OH is 1. The first-order chi connectivity index (χ1) is 14.7. The summed E-state index contributed by atoms with van der Waals surface area (Å²) in [5.41, 5.74) is 0.880. The molecule has 0 amide bonds. The number of aliphatic hydroxyl groups is 1. The van der Waals surface area contributed by atoms with Crippen molar-refractivity contribution in [3.63, 3.8) is 0 Å². The van der Waals surface area contributed by atoms with Crippen LogP contribution < -0.4 is 14.9 Å². The first-order valence-corrected chi connectivity index (χ1v) is 10.3. The van der Waals surface area contributed by atoms with Crippen molar-refractivity contribution < 1.29 is 29.2 Å². The van der Waals surface area contributed by atoms with Crippen LogP contribution in [0.3, 0.4) is 0 Å². The van der Waals surface area contributed by atoms with Gasteiger partial charge in [-0.1, -0.05) is 13.8 Å². The fourth-order valence-corrected chi connectivity index (χ4v) is 4.47. The third-order valence-electron chi connectivity index (χ3n) is 6.25. The van der Waals surface area contributed by atoms with Crippen molar-refractivity contribution in [3.05, 3.63) is 45.7 Å². The summed E-state index contributed by atoms with van der Waals surface area (Å²) in [6, 6.07) is 4.39. The lowest BCUT2D eigenvalue weighted by atomic mass is 9.84. The summed E-state index contributed by atoms with van der Waals surface area (Å²) < 4.78 is 18.6. The lowest BCUT2D eigenvalue weighted by molar-refractivity contribution is -0.0389. The Balaban J connectivity index is 1.84. The highest BCUT2D eigenvalue weighted by Crippen LogP contribution is 2.48. The molecule has 2 aliphatic rings. The number of aromatic carboxylic acids is 1. The normalized spacial score (nSPS) is 24.2. The summed E-state index contributed by atoms with van der Waals surface area (Å²) in [5, 5.41) is 20.6. The third-order valence-corrected chi connectivity index (χ3v) is 6.25. The van der Waals surface area contributed by atoms with Crippen LogP contribution in [0.15, 0.2) is 29.2 Å². The maximum atomic E-state index is 12.4. The minimum absolute atomic E-state index is 0.00607. The number of ether oxygens (including phenoxy) is 3. The minimum Gasteiger partial charge on any atom is -0.493 e. The SMILES string of the molecule is COc1cc2c(cc1OC1CC(OC)C1)C(O)[C@@H](C(C)C)n1cc(C(=O)O)c(=O)cc1-2. The molecule has 2 N–H and O–H groups in total. The first kappa shape index (κ1) is 21.4. The zero-order chi connectivity index (χ0) is 22.4. The third kappa shape index (κ3) is 3.59. The van der Waals surface area contributed by atoms with Gasteiger partial charge in [-0.3, -0.25) is 4.79 Å². The number of aromatic nitrogens is 1. The van der Waals surface area contributed by atoms with Gasteiger partial charge in [-0.15, -0.1) is 0 Å². The number of carboxylic acid groups (broad SMARTS) is 1. The number of hydrogen-bond acceptors (Lipinski definition) is 6. The Bertz CT molecular complexity index is 1070.